The third-order valence-electron chi connectivity index (χ3n) is 6.29. The van der Waals surface area contributed by atoms with Gasteiger partial charge in [-0.3, -0.25) is 14.5 Å². The maximum Gasteiger partial charge on any atom is 0.265 e. The van der Waals surface area contributed by atoms with Crippen LogP contribution in [0.1, 0.15) is 11.1 Å². The molecule has 2 N–H and O–H groups in total. The maximum atomic E-state index is 13.5. The number of rotatable bonds is 7. The Labute approximate surface area is 225 Å². The number of fused-ring (bicyclic) bond motifs is 1. The quantitative estimate of drug-likeness (QED) is 0.263. The van der Waals surface area contributed by atoms with Gasteiger partial charge in [-0.25, -0.2) is 13.0 Å². The standard InChI is InChI=1S/C30H25N3O5S/c1-20-10-3-6-15-26(20)31-19-25-23-13-4-5-14-24(23)29(34)33(30(25)35)21-11-9-12-22(18-21)39(36,37)32-27-16-7-8-17-28(27)38-2/h3-19,32,35H,1-2H3. The second-order valence-corrected chi connectivity index (χ2v) is 10.5. The number of aryl methyl sites for hydroxylation is 1. The minimum atomic E-state index is -4.06. The number of aromatic hydroxyl groups is 1. The molecule has 0 bridgehead atoms. The van der Waals surface area contributed by atoms with E-state index in [-0.39, 0.29) is 22.2 Å². The molecule has 0 unspecified atom stereocenters. The lowest BCUT2D eigenvalue weighted by molar-refractivity contribution is 0.417. The van der Waals surface area contributed by atoms with Crippen LogP contribution in [0, 0.1) is 6.92 Å². The molecule has 0 aliphatic heterocycles. The lowest BCUT2D eigenvalue weighted by atomic mass is 10.1. The first-order valence-electron chi connectivity index (χ1n) is 12.0. The fraction of sp³-hybridized carbons (Fsp3) is 0.0667. The normalized spacial score (nSPS) is 11.6. The van der Waals surface area contributed by atoms with E-state index in [1.165, 1.54) is 31.5 Å². The summed E-state index contributed by atoms with van der Waals surface area (Å²) in [5, 5.41) is 12.2. The molecule has 0 saturated heterocycles. The zero-order valence-electron chi connectivity index (χ0n) is 21.2. The molecule has 9 heteroatoms. The summed E-state index contributed by atoms with van der Waals surface area (Å²) in [7, 11) is -2.61. The molecule has 0 amide bonds. The molecule has 1 aromatic heterocycles. The number of sulfonamides is 1. The number of anilines is 1. The number of aromatic nitrogens is 1. The zero-order valence-corrected chi connectivity index (χ0v) is 22.0. The van der Waals surface area contributed by atoms with Crippen LogP contribution in [0.3, 0.4) is 0 Å². The molecule has 8 nitrogen and oxygen atoms in total. The molecular formula is C30H25N3O5S. The molecule has 0 aliphatic rings. The van der Waals surface area contributed by atoms with Crippen LogP contribution in [0.2, 0.25) is 0 Å². The average molecular weight is 540 g/mol. The summed E-state index contributed by atoms with van der Waals surface area (Å²) in [6.45, 7) is 1.93. The summed E-state index contributed by atoms with van der Waals surface area (Å²) in [4.78, 5) is 18.0. The summed E-state index contributed by atoms with van der Waals surface area (Å²) < 4.78 is 35.4. The van der Waals surface area contributed by atoms with Crippen LogP contribution in [-0.2, 0) is 10.0 Å². The predicted octanol–water partition coefficient (Wildman–Crippen LogP) is 5.56. The summed E-state index contributed by atoms with van der Waals surface area (Å²) in [5.41, 5.74) is 1.94. The molecule has 5 rings (SSSR count). The smallest absolute Gasteiger partial charge is 0.265 e. The summed E-state index contributed by atoms with van der Waals surface area (Å²) in [6, 6.07) is 26.9. The van der Waals surface area contributed by atoms with Gasteiger partial charge in [0.05, 0.1) is 34.6 Å². The first-order chi connectivity index (χ1) is 18.8. The molecule has 0 fully saturated rings. The fourth-order valence-electron chi connectivity index (χ4n) is 4.29. The van der Waals surface area contributed by atoms with E-state index in [1.54, 1.807) is 54.6 Å². The van der Waals surface area contributed by atoms with E-state index in [4.69, 9.17) is 4.74 Å². The number of benzene rings is 4. The third kappa shape index (κ3) is 4.99. The van der Waals surface area contributed by atoms with Crippen molar-refractivity contribution in [3.63, 3.8) is 0 Å². The number of aliphatic imine (C=N–C) groups is 1. The average Bonchev–Trinajstić information content (AvgIpc) is 2.94. The highest BCUT2D eigenvalue weighted by Crippen LogP contribution is 2.30. The first kappa shape index (κ1) is 25.7. The first-order valence-corrected chi connectivity index (χ1v) is 13.5. The van der Waals surface area contributed by atoms with Crippen LogP contribution in [0.5, 0.6) is 11.6 Å². The fourth-order valence-corrected chi connectivity index (χ4v) is 5.40. The molecule has 0 saturated carbocycles. The molecule has 1 heterocycles. The third-order valence-corrected chi connectivity index (χ3v) is 7.65. The van der Waals surface area contributed by atoms with Crippen molar-refractivity contribution in [2.24, 2.45) is 4.99 Å². The van der Waals surface area contributed by atoms with Crippen LogP contribution in [0.15, 0.2) is 112 Å². The van der Waals surface area contributed by atoms with Gasteiger partial charge in [-0.2, -0.15) is 0 Å². The zero-order chi connectivity index (χ0) is 27.6. The number of nitrogens with one attached hydrogen (secondary N) is 1. The van der Waals surface area contributed by atoms with Gasteiger partial charge >= 0.3 is 0 Å². The number of ether oxygens (including phenoxy) is 1. The maximum absolute atomic E-state index is 13.5. The highest BCUT2D eigenvalue weighted by molar-refractivity contribution is 7.92. The Morgan fingerprint density at radius 1 is 0.897 bits per heavy atom. The Balaban J connectivity index is 1.64. The number of para-hydroxylation sites is 3. The molecule has 196 valence electrons. The molecule has 0 aliphatic carbocycles. The predicted molar refractivity (Wildman–Crippen MR) is 153 cm³/mol. The van der Waals surface area contributed by atoms with E-state index in [9.17, 15) is 18.3 Å². The minimum Gasteiger partial charge on any atom is -0.495 e. The van der Waals surface area contributed by atoms with E-state index >= 15 is 0 Å². The van der Waals surface area contributed by atoms with Crippen molar-refractivity contribution in [2.75, 3.05) is 11.8 Å². The molecule has 39 heavy (non-hydrogen) atoms. The summed E-state index contributed by atoms with van der Waals surface area (Å²) >= 11 is 0. The van der Waals surface area contributed by atoms with Gasteiger partial charge < -0.3 is 9.84 Å². The van der Waals surface area contributed by atoms with E-state index in [0.717, 1.165) is 10.1 Å². The lowest BCUT2D eigenvalue weighted by Gasteiger charge is -2.15. The molecule has 0 atom stereocenters. The Morgan fingerprint density at radius 3 is 2.36 bits per heavy atom. The van der Waals surface area contributed by atoms with E-state index in [2.05, 4.69) is 9.71 Å². The Hall–Kier alpha value is -4.89. The number of methoxy groups -OCH3 is 1. The molecule has 4 aromatic carbocycles. The number of nitrogens with zero attached hydrogens (tertiary/aromatic N) is 2. The number of pyridine rings is 1. The highest BCUT2D eigenvalue weighted by Gasteiger charge is 2.20. The van der Waals surface area contributed by atoms with Gasteiger partial charge in [0.25, 0.3) is 15.6 Å². The van der Waals surface area contributed by atoms with E-state index in [0.29, 0.717) is 27.8 Å². The number of hydrogen-bond donors (Lipinski definition) is 2. The molecule has 0 radical (unpaired) electrons. The SMILES string of the molecule is COc1ccccc1NS(=O)(=O)c1cccc(-n2c(O)c(C=Nc3ccccc3C)c3ccccc3c2=O)c1. The van der Waals surface area contributed by atoms with Gasteiger partial charge in [-0.05, 0) is 55.0 Å². The van der Waals surface area contributed by atoms with Crippen molar-refractivity contribution in [1.29, 1.82) is 0 Å². The second kappa shape index (κ2) is 10.5. The van der Waals surface area contributed by atoms with Gasteiger partial charge in [-0.1, -0.05) is 54.6 Å². The Bertz CT molecular complexity index is 1900. The van der Waals surface area contributed by atoms with Crippen molar-refractivity contribution in [3.05, 3.63) is 119 Å². The Morgan fingerprint density at radius 2 is 1.59 bits per heavy atom. The number of hydrogen-bond acceptors (Lipinski definition) is 6. The van der Waals surface area contributed by atoms with Gasteiger partial charge in [0.15, 0.2) is 0 Å². The van der Waals surface area contributed by atoms with Gasteiger partial charge in [0.1, 0.15) is 5.75 Å². The minimum absolute atomic E-state index is 0.0968. The molecule has 5 aromatic rings. The van der Waals surface area contributed by atoms with Crippen LogP contribution in [0.4, 0.5) is 11.4 Å². The lowest BCUT2D eigenvalue weighted by Crippen LogP contribution is -2.21. The van der Waals surface area contributed by atoms with E-state index < -0.39 is 15.6 Å². The highest BCUT2D eigenvalue weighted by atomic mass is 32.2. The second-order valence-electron chi connectivity index (χ2n) is 8.77. The molecule has 0 spiro atoms. The largest absolute Gasteiger partial charge is 0.495 e. The van der Waals surface area contributed by atoms with Gasteiger partial charge in [0, 0.05) is 17.0 Å². The Kier molecular flexibility index (Phi) is 6.91. The van der Waals surface area contributed by atoms with Crippen molar-refractivity contribution in [2.45, 2.75) is 11.8 Å². The van der Waals surface area contributed by atoms with Crippen molar-refractivity contribution in [1.82, 2.24) is 4.57 Å². The van der Waals surface area contributed by atoms with Crippen LogP contribution >= 0.6 is 0 Å². The van der Waals surface area contributed by atoms with Crippen LogP contribution < -0.4 is 15.0 Å². The topological polar surface area (TPSA) is 110 Å². The van der Waals surface area contributed by atoms with Crippen molar-refractivity contribution >= 4 is 38.4 Å². The van der Waals surface area contributed by atoms with E-state index in [1.807, 2.05) is 31.2 Å². The monoisotopic (exact) mass is 539 g/mol. The summed E-state index contributed by atoms with van der Waals surface area (Å²) in [6.07, 6.45) is 1.51. The van der Waals surface area contributed by atoms with Gasteiger partial charge in [-0.15, -0.1) is 0 Å². The van der Waals surface area contributed by atoms with Crippen molar-refractivity contribution in [3.8, 4) is 17.3 Å². The van der Waals surface area contributed by atoms with Crippen molar-refractivity contribution < 1.29 is 18.3 Å². The van der Waals surface area contributed by atoms with Crippen LogP contribution in [-0.4, -0.2) is 31.4 Å². The molecular weight excluding hydrogens is 514 g/mol. The van der Waals surface area contributed by atoms with Gasteiger partial charge in [0.2, 0.25) is 5.88 Å². The van der Waals surface area contributed by atoms with Crippen LogP contribution in [0.25, 0.3) is 16.5 Å². The summed E-state index contributed by atoms with van der Waals surface area (Å²) in [5.74, 6) is 0.00137.